The van der Waals surface area contributed by atoms with Crippen LogP contribution in [0, 0.1) is 5.82 Å². The maximum absolute atomic E-state index is 13.7. The summed E-state index contributed by atoms with van der Waals surface area (Å²) < 4.78 is 33.3. The van der Waals surface area contributed by atoms with Gasteiger partial charge in [-0.3, -0.25) is 4.90 Å². The Bertz CT molecular complexity index is 1270. The number of aromatic nitrogens is 2. The molecule has 0 fully saturated rings. The molecule has 0 unspecified atom stereocenters. The van der Waals surface area contributed by atoms with Gasteiger partial charge in [-0.2, -0.15) is 5.10 Å². The summed E-state index contributed by atoms with van der Waals surface area (Å²) >= 11 is 0. The van der Waals surface area contributed by atoms with Crippen molar-refractivity contribution in [3.63, 3.8) is 0 Å². The molecule has 1 N–H and O–H groups in total. The van der Waals surface area contributed by atoms with Crippen LogP contribution >= 0.6 is 0 Å². The van der Waals surface area contributed by atoms with E-state index < -0.39 is 6.10 Å². The second kappa shape index (κ2) is 12.4. The Morgan fingerprint density at radius 3 is 2.39 bits per heavy atom. The maximum atomic E-state index is 13.7. The number of ether oxygens (including phenoxy) is 2. The van der Waals surface area contributed by atoms with Gasteiger partial charge < -0.3 is 19.0 Å². The van der Waals surface area contributed by atoms with Crippen LogP contribution in [0.2, 0.25) is 0 Å². The van der Waals surface area contributed by atoms with Crippen LogP contribution < -0.4 is 4.74 Å². The highest BCUT2D eigenvalue weighted by Crippen LogP contribution is 2.32. The Labute approximate surface area is 223 Å². The summed E-state index contributed by atoms with van der Waals surface area (Å²) in [5.41, 5.74) is 2.07. The first-order chi connectivity index (χ1) is 18.2. The fraction of sp³-hybridized carbons (Fsp3) is 0.367. The van der Waals surface area contributed by atoms with E-state index in [2.05, 4.69) is 4.90 Å². The zero-order valence-electron chi connectivity index (χ0n) is 22.4. The molecule has 1 atom stereocenters. The lowest BCUT2D eigenvalue weighted by atomic mass is 10.1. The predicted octanol–water partition coefficient (Wildman–Crippen LogP) is 6.14. The molecule has 38 heavy (non-hydrogen) atoms. The SMILES string of the molecule is CCc1nn(-c2ccc(F)cc2)c(Oc2ccccc2)c1CN(Cc1ccco1)C[C@@H](O)COC(C)(C)C. The summed E-state index contributed by atoms with van der Waals surface area (Å²) in [5.74, 6) is 1.67. The number of rotatable bonds is 12. The molecule has 2 heterocycles. The molecule has 4 rings (SSSR count). The van der Waals surface area contributed by atoms with E-state index in [1.807, 2.05) is 70.2 Å². The molecule has 0 aliphatic carbocycles. The Balaban J connectivity index is 1.70. The quantitative estimate of drug-likeness (QED) is 0.242. The average Bonchev–Trinajstić information content (AvgIpc) is 3.52. The van der Waals surface area contributed by atoms with Crippen LogP contribution in [0.4, 0.5) is 4.39 Å². The van der Waals surface area contributed by atoms with Crippen molar-refractivity contribution in [1.29, 1.82) is 0 Å². The zero-order chi connectivity index (χ0) is 27.1. The van der Waals surface area contributed by atoms with Gasteiger partial charge in [-0.15, -0.1) is 0 Å². The van der Waals surface area contributed by atoms with Crippen LogP contribution in [-0.4, -0.2) is 44.6 Å². The lowest BCUT2D eigenvalue weighted by Crippen LogP contribution is -2.36. The highest BCUT2D eigenvalue weighted by Gasteiger charge is 2.25. The lowest BCUT2D eigenvalue weighted by Gasteiger charge is -2.27. The second-order valence-electron chi connectivity index (χ2n) is 10.2. The van der Waals surface area contributed by atoms with Crippen LogP contribution in [-0.2, 0) is 24.2 Å². The van der Waals surface area contributed by atoms with Crippen LogP contribution in [0.25, 0.3) is 5.69 Å². The Morgan fingerprint density at radius 2 is 1.76 bits per heavy atom. The minimum absolute atomic E-state index is 0.209. The summed E-state index contributed by atoms with van der Waals surface area (Å²) in [7, 11) is 0. The topological polar surface area (TPSA) is 72.9 Å². The van der Waals surface area contributed by atoms with Crippen molar-refractivity contribution in [2.75, 3.05) is 13.2 Å². The normalized spacial score (nSPS) is 12.7. The Kier molecular flexibility index (Phi) is 8.99. The molecule has 0 saturated heterocycles. The standard InChI is InChI=1S/C30H36FN3O4/c1-5-28-27(20-33(19-26-12-9-17-36-26)18-24(35)21-37-30(2,3)4)29(38-25-10-7-6-8-11-25)34(32-28)23-15-13-22(31)14-16-23/h6-17,24,35H,5,18-21H2,1-4H3/t24-/m1/s1. The van der Waals surface area contributed by atoms with Crippen molar-refractivity contribution in [1.82, 2.24) is 14.7 Å². The van der Waals surface area contributed by atoms with E-state index in [4.69, 9.17) is 19.0 Å². The molecule has 0 aliphatic heterocycles. The summed E-state index contributed by atoms with van der Waals surface area (Å²) in [4.78, 5) is 2.10. The van der Waals surface area contributed by atoms with Crippen LogP contribution in [0.5, 0.6) is 11.6 Å². The molecule has 7 nitrogen and oxygen atoms in total. The maximum Gasteiger partial charge on any atom is 0.227 e. The van der Waals surface area contributed by atoms with Crippen molar-refractivity contribution in [3.05, 3.63) is 95.8 Å². The number of aryl methyl sites for hydroxylation is 1. The van der Waals surface area contributed by atoms with E-state index in [0.717, 1.165) is 17.0 Å². The van der Waals surface area contributed by atoms with Crippen molar-refractivity contribution in [2.45, 2.75) is 58.9 Å². The van der Waals surface area contributed by atoms with Gasteiger partial charge in [0.05, 0.1) is 48.1 Å². The number of para-hydroxylation sites is 1. The number of halogens is 1. The molecule has 8 heteroatoms. The van der Waals surface area contributed by atoms with Gasteiger partial charge in [0.25, 0.3) is 0 Å². The summed E-state index contributed by atoms with van der Waals surface area (Å²) in [6, 6.07) is 19.4. The van der Waals surface area contributed by atoms with Gasteiger partial charge in [-0.05, 0) is 75.7 Å². The third kappa shape index (κ3) is 7.54. The highest BCUT2D eigenvalue weighted by molar-refractivity contribution is 5.44. The number of benzene rings is 2. The molecular weight excluding hydrogens is 485 g/mol. The number of hydrogen-bond acceptors (Lipinski definition) is 6. The Hall–Kier alpha value is -3.46. The van der Waals surface area contributed by atoms with Gasteiger partial charge in [-0.25, -0.2) is 9.07 Å². The van der Waals surface area contributed by atoms with Gasteiger partial charge in [0.1, 0.15) is 17.3 Å². The molecule has 202 valence electrons. The summed E-state index contributed by atoms with van der Waals surface area (Å²) in [6.07, 6.45) is 1.60. The number of hydrogen-bond donors (Lipinski definition) is 1. The monoisotopic (exact) mass is 521 g/mol. The van der Waals surface area contributed by atoms with E-state index in [1.54, 1.807) is 23.1 Å². The molecule has 0 amide bonds. The van der Waals surface area contributed by atoms with Crippen LogP contribution in [0.15, 0.2) is 77.4 Å². The number of furan rings is 1. The van der Waals surface area contributed by atoms with Gasteiger partial charge in [0, 0.05) is 13.1 Å². The van der Waals surface area contributed by atoms with E-state index in [9.17, 15) is 9.50 Å². The van der Waals surface area contributed by atoms with Gasteiger partial charge in [-0.1, -0.05) is 25.1 Å². The molecule has 0 radical (unpaired) electrons. The van der Waals surface area contributed by atoms with Crippen molar-refractivity contribution in [3.8, 4) is 17.3 Å². The molecule has 0 saturated carbocycles. The number of aliphatic hydroxyl groups excluding tert-OH is 1. The molecule has 2 aromatic carbocycles. The third-order valence-electron chi connectivity index (χ3n) is 5.90. The summed E-state index contributed by atoms with van der Waals surface area (Å²) in [5, 5.41) is 15.7. The fourth-order valence-electron chi connectivity index (χ4n) is 4.11. The van der Waals surface area contributed by atoms with E-state index >= 15 is 0 Å². The highest BCUT2D eigenvalue weighted by atomic mass is 19.1. The average molecular weight is 522 g/mol. The van der Waals surface area contributed by atoms with E-state index in [0.29, 0.717) is 43.4 Å². The first-order valence-electron chi connectivity index (χ1n) is 12.9. The van der Waals surface area contributed by atoms with Crippen molar-refractivity contribution in [2.24, 2.45) is 0 Å². The Morgan fingerprint density at radius 1 is 1.03 bits per heavy atom. The largest absolute Gasteiger partial charge is 0.468 e. The fourth-order valence-corrected chi connectivity index (χ4v) is 4.11. The molecule has 2 aromatic heterocycles. The van der Waals surface area contributed by atoms with Crippen LogP contribution in [0.1, 0.15) is 44.7 Å². The smallest absolute Gasteiger partial charge is 0.227 e. The van der Waals surface area contributed by atoms with Gasteiger partial charge in [0.2, 0.25) is 5.88 Å². The van der Waals surface area contributed by atoms with Gasteiger partial charge >= 0.3 is 0 Å². The second-order valence-corrected chi connectivity index (χ2v) is 10.2. The molecular formula is C30H36FN3O4. The van der Waals surface area contributed by atoms with Crippen LogP contribution in [0.3, 0.4) is 0 Å². The van der Waals surface area contributed by atoms with Crippen molar-refractivity contribution < 1.29 is 23.4 Å². The zero-order valence-corrected chi connectivity index (χ0v) is 22.4. The number of aliphatic hydroxyl groups is 1. The van der Waals surface area contributed by atoms with Crippen molar-refractivity contribution >= 4 is 0 Å². The first-order valence-corrected chi connectivity index (χ1v) is 12.9. The molecule has 0 bridgehead atoms. The molecule has 0 spiro atoms. The predicted molar refractivity (Wildman–Crippen MR) is 144 cm³/mol. The minimum atomic E-state index is -0.708. The van der Waals surface area contributed by atoms with Gasteiger partial charge in [0.15, 0.2) is 0 Å². The third-order valence-corrected chi connectivity index (χ3v) is 5.90. The summed E-state index contributed by atoms with van der Waals surface area (Å²) in [6.45, 7) is 9.42. The first kappa shape index (κ1) is 27.6. The van der Waals surface area contributed by atoms with E-state index in [1.165, 1.54) is 12.1 Å². The molecule has 4 aromatic rings. The number of nitrogens with zero attached hydrogens (tertiary/aromatic N) is 3. The minimum Gasteiger partial charge on any atom is -0.468 e. The molecule has 0 aliphatic rings. The lowest BCUT2D eigenvalue weighted by molar-refractivity contribution is -0.0576. The van der Waals surface area contributed by atoms with E-state index in [-0.39, 0.29) is 18.0 Å².